The smallest absolute Gasteiger partial charge is 0.305 e. The number of aromatic nitrogens is 2. The molecule has 0 aliphatic carbocycles. The van der Waals surface area contributed by atoms with Crippen molar-refractivity contribution in [3.8, 4) is 22.5 Å². The van der Waals surface area contributed by atoms with Crippen LogP contribution in [0.25, 0.3) is 22.5 Å². The lowest BCUT2D eigenvalue weighted by Crippen LogP contribution is -2.07. The lowest BCUT2D eigenvalue weighted by Gasteiger charge is -2.06. The van der Waals surface area contributed by atoms with Crippen LogP contribution in [0.3, 0.4) is 0 Å². The van der Waals surface area contributed by atoms with Gasteiger partial charge in [-0.2, -0.15) is 5.10 Å². The Morgan fingerprint density at radius 3 is 2.04 bits per heavy atom. The van der Waals surface area contributed by atoms with Crippen molar-refractivity contribution in [2.75, 3.05) is 0 Å². The Balaban J connectivity index is 2.02. The van der Waals surface area contributed by atoms with Gasteiger partial charge in [0.05, 0.1) is 24.4 Å². The van der Waals surface area contributed by atoms with Crippen LogP contribution in [0.4, 0.5) is 0 Å². The summed E-state index contributed by atoms with van der Waals surface area (Å²) >= 11 is 0. The lowest BCUT2D eigenvalue weighted by atomic mass is 10.1. The van der Waals surface area contributed by atoms with Gasteiger partial charge < -0.3 is 5.11 Å². The summed E-state index contributed by atoms with van der Waals surface area (Å²) in [5.41, 5.74) is 6.25. The molecule has 1 N–H and O–H groups in total. The van der Waals surface area contributed by atoms with E-state index in [9.17, 15) is 4.79 Å². The van der Waals surface area contributed by atoms with Gasteiger partial charge in [-0.1, -0.05) is 59.7 Å². The highest BCUT2D eigenvalue weighted by Crippen LogP contribution is 2.27. The van der Waals surface area contributed by atoms with E-state index in [1.807, 2.05) is 44.2 Å². The lowest BCUT2D eigenvalue weighted by molar-refractivity contribution is -0.137. The number of aliphatic carboxylic acids is 1. The minimum Gasteiger partial charge on any atom is -0.481 e. The zero-order valence-corrected chi connectivity index (χ0v) is 13.9. The standard InChI is InChI=1S/C20H20N2O2/c1-14-3-7-16(8-4-14)18-13-19(17-9-5-15(2)6-10-17)22(21-18)12-11-20(23)24/h3-10,13H,11-12H2,1-2H3,(H,23,24). The van der Waals surface area contributed by atoms with Crippen LogP contribution in [0, 0.1) is 13.8 Å². The van der Waals surface area contributed by atoms with Crippen molar-refractivity contribution in [3.63, 3.8) is 0 Å². The van der Waals surface area contributed by atoms with Crippen molar-refractivity contribution >= 4 is 5.97 Å². The van der Waals surface area contributed by atoms with Crippen molar-refractivity contribution in [1.82, 2.24) is 9.78 Å². The molecule has 0 aliphatic heterocycles. The van der Waals surface area contributed by atoms with Gasteiger partial charge >= 0.3 is 5.97 Å². The maximum absolute atomic E-state index is 10.9. The molecule has 1 aromatic heterocycles. The SMILES string of the molecule is Cc1ccc(-c2cc(-c3ccc(C)cc3)n(CCC(=O)O)n2)cc1. The Morgan fingerprint density at radius 1 is 0.958 bits per heavy atom. The normalized spacial score (nSPS) is 10.8. The zero-order chi connectivity index (χ0) is 17.1. The number of hydrogen-bond donors (Lipinski definition) is 1. The Morgan fingerprint density at radius 2 is 1.50 bits per heavy atom. The van der Waals surface area contributed by atoms with Crippen LogP contribution < -0.4 is 0 Å². The Bertz CT molecular complexity index is 846. The molecule has 122 valence electrons. The number of carbonyl (C=O) groups is 1. The third-order valence-corrected chi connectivity index (χ3v) is 4.01. The van der Waals surface area contributed by atoms with Gasteiger partial charge in [0.2, 0.25) is 0 Å². The van der Waals surface area contributed by atoms with E-state index in [0.29, 0.717) is 6.54 Å². The van der Waals surface area contributed by atoms with E-state index in [2.05, 4.69) is 29.4 Å². The Kier molecular flexibility index (Phi) is 4.47. The molecule has 0 bridgehead atoms. The van der Waals surface area contributed by atoms with Crippen molar-refractivity contribution in [2.45, 2.75) is 26.8 Å². The molecule has 3 aromatic rings. The topological polar surface area (TPSA) is 55.1 Å². The van der Waals surface area contributed by atoms with Gasteiger partial charge in [0, 0.05) is 5.56 Å². The zero-order valence-electron chi connectivity index (χ0n) is 13.9. The van der Waals surface area contributed by atoms with E-state index < -0.39 is 5.97 Å². The average molecular weight is 320 g/mol. The van der Waals surface area contributed by atoms with Crippen LogP contribution in [0.15, 0.2) is 54.6 Å². The highest BCUT2D eigenvalue weighted by atomic mass is 16.4. The maximum Gasteiger partial charge on any atom is 0.305 e. The Labute approximate surface area is 141 Å². The van der Waals surface area contributed by atoms with E-state index in [-0.39, 0.29) is 6.42 Å². The first-order chi connectivity index (χ1) is 11.5. The van der Waals surface area contributed by atoms with E-state index in [0.717, 1.165) is 22.5 Å². The molecule has 4 nitrogen and oxygen atoms in total. The molecule has 1 heterocycles. The van der Waals surface area contributed by atoms with E-state index >= 15 is 0 Å². The summed E-state index contributed by atoms with van der Waals surface area (Å²) in [5, 5.41) is 13.6. The van der Waals surface area contributed by atoms with Gasteiger partial charge in [-0.3, -0.25) is 9.48 Å². The van der Waals surface area contributed by atoms with Gasteiger partial charge in [-0.15, -0.1) is 0 Å². The molecule has 0 saturated carbocycles. The number of carboxylic acid groups (broad SMARTS) is 1. The monoisotopic (exact) mass is 320 g/mol. The molecule has 0 radical (unpaired) electrons. The van der Waals surface area contributed by atoms with Crippen LogP contribution in [0.1, 0.15) is 17.5 Å². The van der Waals surface area contributed by atoms with Crippen molar-refractivity contribution in [2.24, 2.45) is 0 Å². The van der Waals surface area contributed by atoms with Crippen LogP contribution in [-0.4, -0.2) is 20.9 Å². The fraction of sp³-hybridized carbons (Fsp3) is 0.200. The Hall–Kier alpha value is -2.88. The molecule has 2 aromatic carbocycles. The van der Waals surface area contributed by atoms with Gasteiger partial charge in [0.15, 0.2) is 0 Å². The first-order valence-electron chi connectivity index (χ1n) is 7.96. The molecular formula is C20H20N2O2. The predicted molar refractivity (Wildman–Crippen MR) is 94.8 cm³/mol. The third-order valence-electron chi connectivity index (χ3n) is 4.01. The quantitative estimate of drug-likeness (QED) is 0.762. The highest BCUT2D eigenvalue weighted by molar-refractivity contribution is 5.70. The van der Waals surface area contributed by atoms with Crippen LogP contribution in [0.2, 0.25) is 0 Å². The summed E-state index contributed by atoms with van der Waals surface area (Å²) < 4.78 is 1.79. The summed E-state index contributed by atoms with van der Waals surface area (Å²) in [6, 6.07) is 18.4. The van der Waals surface area contributed by atoms with E-state index in [4.69, 9.17) is 5.11 Å². The summed E-state index contributed by atoms with van der Waals surface area (Å²) in [4.78, 5) is 10.9. The number of nitrogens with zero attached hydrogens (tertiary/aromatic N) is 2. The molecule has 0 amide bonds. The molecular weight excluding hydrogens is 300 g/mol. The number of rotatable bonds is 5. The predicted octanol–water partition coefficient (Wildman–Crippen LogP) is 4.31. The fourth-order valence-corrected chi connectivity index (χ4v) is 2.61. The maximum atomic E-state index is 10.9. The van der Waals surface area contributed by atoms with Crippen molar-refractivity contribution in [3.05, 3.63) is 65.7 Å². The molecule has 4 heteroatoms. The average Bonchev–Trinajstić information content (AvgIpc) is 2.98. The minimum atomic E-state index is -0.822. The molecule has 0 fully saturated rings. The number of carboxylic acids is 1. The third kappa shape index (κ3) is 3.54. The van der Waals surface area contributed by atoms with E-state index in [1.165, 1.54) is 11.1 Å². The van der Waals surface area contributed by atoms with Gasteiger partial charge in [-0.25, -0.2) is 0 Å². The molecule has 3 rings (SSSR count). The van der Waals surface area contributed by atoms with Gasteiger partial charge in [0.1, 0.15) is 0 Å². The summed E-state index contributed by atoms with van der Waals surface area (Å²) in [7, 11) is 0. The molecule has 0 aliphatic rings. The van der Waals surface area contributed by atoms with Gasteiger partial charge in [-0.05, 0) is 25.5 Å². The van der Waals surface area contributed by atoms with Crippen molar-refractivity contribution < 1.29 is 9.90 Å². The highest BCUT2D eigenvalue weighted by Gasteiger charge is 2.12. The second-order valence-electron chi connectivity index (χ2n) is 6.01. The second-order valence-corrected chi connectivity index (χ2v) is 6.01. The summed E-state index contributed by atoms with van der Waals surface area (Å²) in [5.74, 6) is -0.822. The largest absolute Gasteiger partial charge is 0.481 e. The van der Waals surface area contributed by atoms with Crippen molar-refractivity contribution in [1.29, 1.82) is 0 Å². The van der Waals surface area contributed by atoms with Crippen LogP contribution in [0.5, 0.6) is 0 Å². The molecule has 0 saturated heterocycles. The van der Waals surface area contributed by atoms with Crippen LogP contribution >= 0.6 is 0 Å². The molecule has 0 spiro atoms. The summed E-state index contributed by atoms with van der Waals surface area (Å²) in [6.45, 7) is 4.45. The van der Waals surface area contributed by atoms with Gasteiger partial charge in [0.25, 0.3) is 0 Å². The fourth-order valence-electron chi connectivity index (χ4n) is 2.61. The molecule has 0 unspecified atom stereocenters. The minimum absolute atomic E-state index is 0.0495. The first kappa shape index (κ1) is 16.0. The number of aryl methyl sites for hydroxylation is 3. The second kappa shape index (κ2) is 6.71. The van der Waals surface area contributed by atoms with E-state index in [1.54, 1.807) is 4.68 Å². The molecule has 0 atom stereocenters. The number of hydrogen-bond acceptors (Lipinski definition) is 2. The molecule has 24 heavy (non-hydrogen) atoms. The summed E-state index contributed by atoms with van der Waals surface area (Å²) in [6.07, 6.45) is 0.0495. The van der Waals surface area contributed by atoms with Crippen LogP contribution in [-0.2, 0) is 11.3 Å². The number of benzene rings is 2. The first-order valence-corrected chi connectivity index (χ1v) is 7.96.